The number of allylic oxidation sites excluding steroid dienone is 1. The molecule has 0 aliphatic heterocycles. The van der Waals surface area contributed by atoms with Crippen LogP contribution in [0.1, 0.15) is 12.8 Å². The largest absolute Gasteiger partial charge is 0.134 e. The second kappa shape index (κ2) is 2.41. The Balaban J connectivity index is 2.75. The minimum atomic E-state index is -1.04. The van der Waals surface area contributed by atoms with Crippen molar-refractivity contribution in [3.05, 3.63) is 17.5 Å². The number of hydrogen-bond donors (Lipinski definition) is 0. The first-order valence-electron chi connectivity index (χ1n) is 3.96. The lowest BCUT2D eigenvalue weighted by molar-refractivity contribution is 1.07. The molecule has 1 heteroatoms. The van der Waals surface area contributed by atoms with Gasteiger partial charge in [-0.15, -0.1) is 5.73 Å². The van der Waals surface area contributed by atoms with Crippen LogP contribution in [0.2, 0.25) is 19.6 Å². The Morgan fingerprint density at radius 2 is 1.90 bits per heavy atom. The number of rotatable bonds is 2. The molecular weight excluding hydrogens is 136 g/mol. The predicted molar refractivity (Wildman–Crippen MR) is 48.7 cm³/mol. The van der Waals surface area contributed by atoms with Crippen LogP contribution in [0, 0.1) is 5.92 Å². The summed E-state index contributed by atoms with van der Waals surface area (Å²) in [4.78, 5) is 0. The molecule has 0 bridgehead atoms. The SMILES string of the molecule is C=C=C(C1CC1)[Si](C)(C)C. The third-order valence-electron chi connectivity index (χ3n) is 1.98. The normalized spacial score (nSPS) is 18.3. The molecule has 1 rings (SSSR count). The van der Waals surface area contributed by atoms with Crippen molar-refractivity contribution in [3.8, 4) is 0 Å². The van der Waals surface area contributed by atoms with Crippen LogP contribution in [0.4, 0.5) is 0 Å². The summed E-state index contributed by atoms with van der Waals surface area (Å²) in [6.07, 6.45) is 2.78. The van der Waals surface area contributed by atoms with Gasteiger partial charge in [-0.1, -0.05) is 26.2 Å². The Kier molecular flexibility index (Phi) is 1.89. The average molecular weight is 152 g/mol. The van der Waals surface area contributed by atoms with Crippen LogP contribution >= 0.6 is 0 Å². The van der Waals surface area contributed by atoms with E-state index in [0.717, 1.165) is 5.92 Å². The van der Waals surface area contributed by atoms with Crippen LogP contribution in [0.3, 0.4) is 0 Å². The molecule has 0 aromatic rings. The Labute approximate surface area is 64.7 Å². The van der Waals surface area contributed by atoms with E-state index in [1.807, 2.05) is 0 Å². The summed E-state index contributed by atoms with van der Waals surface area (Å²) in [6, 6.07) is 0. The van der Waals surface area contributed by atoms with Crippen LogP contribution in [0.15, 0.2) is 17.5 Å². The van der Waals surface area contributed by atoms with Crippen molar-refractivity contribution >= 4 is 8.07 Å². The molecule has 0 unspecified atom stereocenters. The first-order valence-corrected chi connectivity index (χ1v) is 7.46. The van der Waals surface area contributed by atoms with E-state index in [4.69, 9.17) is 0 Å². The second-order valence-corrected chi connectivity index (χ2v) is 9.15. The zero-order valence-electron chi connectivity index (χ0n) is 7.20. The maximum Gasteiger partial charge on any atom is 0.0826 e. The fourth-order valence-corrected chi connectivity index (χ4v) is 3.44. The van der Waals surface area contributed by atoms with E-state index in [9.17, 15) is 0 Å². The summed E-state index contributed by atoms with van der Waals surface area (Å²) in [7, 11) is -1.04. The van der Waals surface area contributed by atoms with Crippen molar-refractivity contribution in [2.75, 3.05) is 0 Å². The van der Waals surface area contributed by atoms with Crippen molar-refractivity contribution in [1.29, 1.82) is 0 Å². The molecule has 1 saturated carbocycles. The molecule has 0 N–H and O–H groups in total. The molecule has 0 aromatic carbocycles. The Morgan fingerprint density at radius 3 is 2.00 bits per heavy atom. The molecule has 1 aliphatic rings. The van der Waals surface area contributed by atoms with Gasteiger partial charge in [0.1, 0.15) is 0 Å². The van der Waals surface area contributed by atoms with Crippen molar-refractivity contribution in [3.63, 3.8) is 0 Å². The molecule has 0 atom stereocenters. The van der Waals surface area contributed by atoms with E-state index in [-0.39, 0.29) is 0 Å². The van der Waals surface area contributed by atoms with Gasteiger partial charge >= 0.3 is 0 Å². The fourth-order valence-electron chi connectivity index (χ4n) is 1.39. The monoisotopic (exact) mass is 152 g/mol. The highest BCUT2D eigenvalue weighted by Gasteiger charge is 2.33. The maximum absolute atomic E-state index is 3.76. The Morgan fingerprint density at radius 1 is 1.40 bits per heavy atom. The first kappa shape index (κ1) is 7.84. The second-order valence-electron chi connectivity index (χ2n) is 4.11. The zero-order chi connectivity index (χ0) is 7.78. The highest BCUT2D eigenvalue weighted by Crippen LogP contribution is 2.40. The molecule has 0 saturated heterocycles. The minimum Gasteiger partial charge on any atom is -0.134 e. The standard InChI is InChI=1S/C9H16Si/c1-5-9(8-6-7-8)10(2,3)4/h8H,1,6-7H2,2-4H3. The smallest absolute Gasteiger partial charge is 0.0826 e. The molecule has 0 aromatic heterocycles. The van der Waals surface area contributed by atoms with Gasteiger partial charge in [0.15, 0.2) is 0 Å². The van der Waals surface area contributed by atoms with E-state index in [1.165, 1.54) is 12.8 Å². The van der Waals surface area contributed by atoms with Crippen LogP contribution in [0.5, 0.6) is 0 Å². The molecule has 10 heavy (non-hydrogen) atoms. The van der Waals surface area contributed by atoms with E-state index in [1.54, 1.807) is 5.20 Å². The van der Waals surface area contributed by atoms with Gasteiger partial charge < -0.3 is 0 Å². The fraction of sp³-hybridized carbons (Fsp3) is 0.667. The first-order chi connectivity index (χ1) is 4.55. The molecule has 1 aliphatic carbocycles. The van der Waals surface area contributed by atoms with Gasteiger partial charge in [0, 0.05) is 0 Å². The topological polar surface area (TPSA) is 0 Å². The van der Waals surface area contributed by atoms with E-state index in [0.29, 0.717) is 0 Å². The Bertz CT molecular complexity index is 175. The highest BCUT2D eigenvalue weighted by molar-refractivity contribution is 6.83. The quantitative estimate of drug-likeness (QED) is 0.421. The molecule has 0 amide bonds. The van der Waals surface area contributed by atoms with E-state index >= 15 is 0 Å². The summed E-state index contributed by atoms with van der Waals surface area (Å²) < 4.78 is 0. The van der Waals surface area contributed by atoms with Crippen LogP contribution in [-0.4, -0.2) is 8.07 Å². The lowest BCUT2D eigenvalue weighted by Crippen LogP contribution is -2.24. The summed E-state index contributed by atoms with van der Waals surface area (Å²) >= 11 is 0. The maximum atomic E-state index is 3.76. The molecule has 0 nitrogen and oxygen atoms in total. The van der Waals surface area contributed by atoms with Crippen molar-refractivity contribution in [2.45, 2.75) is 32.5 Å². The molecule has 0 radical (unpaired) electrons. The third-order valence-corrected chi connectivity index (χ3v) is 4.19. The van der Waals surface area contributed by atoms with Gasteiger partial charge in [-0.05, 0) is 24.0 Å². The van der Waals surface area contributed by atoms with Crippen molar-refractivity contribution < 1.29 is 0 Å². The van der Waals surface area contributed by atoms with Gasteiger partial charge in [-0.3, -0.25) is 0 Å². The van der Waals surface area contributed by atoms with Crippen LogP contribution in [0.25, 0.3) is 0 Å². The minimum absolute atomic E-state index is 0.879. The molecular formula is C9H16Si. The van der Waals surface area contributed by atoms with E-state index in [2.05, 4.69) is 32.0 Å². The molecule has 1 fully saturated rings. The summed E-state index contributed by atoms with van der Waals surface area (Å²) in [5.74, 6) is 0.879. The lowest BCUT2D eigenvalue weighted by atomic mass is 10.4. The van der Waals surface area contributed by atoms with E-state index < -0.39 is 8.07 Å². The zero-order valence-corrected chi connectivity index (χ0v) is 8.20. The number of hydrogen-bond acceptors (Lipinski definition) is 0. The summed E-state index contributed by atoms with van der Waals surface area (Å²) in [6.45, 7) is 10.9. The predicted octanol–water partition coefficient (Wildman–Crippen LogP) is 2.99. The molecule has 0 heterocycles. The highest BCUT2D eigenvalue weighted by atomic mass is 28.3. The van der Waals surface area contributed by atoms with Crippen molar-refractivity contribution in [1.82, 2.24) is 0 Å². The van der Waals surface area contributed by atoms with Gasteiger partial charge in [-0.2, -0.15) is 0 Å². The van der Waals surface area contributed by atoms with Crippen LogP contribution in [-0.2, 0) is 0 Å². The summed E-state index contributed by atoms with van der Waals surface area (Å²) in [5.41, 5.74) is 3.13. The lowest BCUT2D eigenvalue weighted by Gasteiger charge is -2.17. The van der Waals surface area contributed by atoms with Crippen molar-refractivity contribution in [2.24, 2.45) is 5.92 Å². The third kappa shape index (κ3) is 1.62. The average Bonchev–Trinajstić information content (AvgIpc) is 2.46. The van der Waals surface area contributed by atoms with Gasteiger partial charge in [0.2, 0.25) is 0 Å². The van der Waals surface area contributed by atoms with Gasteiger partial charge in [-0.25, -0.2) is 0 Å². The van der Waals surface area contributed by atoms with Gasteiger partial charge in [0.25, 0.3) is 0 Å². The Hall–Kier alpha value is -0.263. The molecule has 56 valence electrons. The van der Waals surface area contributed by atoms with Crippen LogP contribution < -0.4 is 0 Å². The van der Waals surface area contributed by atoms with Gasteiger partial charge in [0.05, 0.1) is 8.07 Å². The molecule has 0 spiro atoms. The summed E-state index contributed by atoms with van der Waals surface area (Å²) in [5, 5.41) is 1.56.